The zero-order valence-corrected chi connectivity index (χ0v) is 15.7. The zero-order chi connectivity index (χ0) is 19.2. The van der Waals surface area contributed by atoms with Gasteiger partial charge in [0, 0.05) is 26.4 Å². The summed E-state index contributed by atoms with van der Waals surface area (Å²) in [6, 6.07) is -0.240. The van der Waals surface area contributed by atoms with E-state index in [1.807, 2.05) is 0 Å². The van der Waals surface area contributed by atoms with Crippen LogP contribution in [0.25, 0.3) is 0 Å². The number of carbonyl (C=O) groups is 4. The van der Waals surface area contributed by atoms with Crippen LogP contribution in [0.3, 0.4) is 0 Å². The second-order valence-electron chi connectivity index (χ2n) is 6.61. The lowest BCUT2D eigenvalue weighted by atomic mass is 10.0. The number of hydrogen-bond donors (Lipinski definition) is 3. The molecule has 3 N–H and O–H groups in total. The fourth-order valence-corrected chi connectivity index (χ4v) is 3.05. The molecule has 0 radical (unpaired) electrons. The van der Waals surface area contributed by atoms with Crippen molar-refractivity contribution in [2.45, 2.75) is 57.9 Å². The molecule has 1 saturated heterocycles. The van der Waals surface area contributed by atoms with Gasteiger partial charge in [-0.05, 0) is 45.2 Å². The molecule has 26 heavy (non-hydrogen) atoms. The predicted molar refractivity (Wildman–Crippen MR) is 98.4 cm³/mol. The first kappa shape index (κ1) is 22.1. The number of amides is 3. The lowest BCUT2D eigenvalue weighted by Gasteiger charge is -2.33. The third-order valence-corrected chi connectivity index (χ3v) is 4.42. The quantitative estimate of drug-likeness (QED) is 0.331. The minimum absolute atomic E-state index is 0.0454. The van der Waals surface area contributed by atoms with E-state index in [1.54, 1.807) is 0 Å². The summed E-state index contributed by atoms with van der Waals surface area (Å²) >= 11 is 0. The maximum Gasteiger partial charge on any atom is 0.239 e. The van der Waals surface area contributed by atoms with Crippen molar-refractivity contribution in [3.05, 3.63) is 0 Å². The fraction of sp³-hybridized carbons (Fsp3) is 0.778. The highest BCUT2D eigenvalue weighted by Gasteiger charge is 2.26. The van der Waals surface area contributed by atoms with E-state index in [0.717, 1.165) is 45.1 Å². The fourth-order valence-electron chi connectivity index (χ4n) is 3.05. The number of nitrogens with one attached hydrogen (secondary N) is 3. The van der Waals surface area contributed by atoms with Crippen LogP contribution < -0.4 is 16.0 Å². The Hall–Kier alpha value is -1.96. The third kappa shape index (κ3) is 9.50. The maximum atomic E-state index is 12.6. The van der Waals surface area contributed by atoms with Gasteiger partial charge in [0.1, 0.15) is 6.29 Å². The van der Waals surface area contributed by atoms with Crippen molar-refractivity contribution in [1.29, 1.82) is 0 Å². The topological polar surface area (TPSA) is 108 Å². The molecule has 0 saturated carbocycles. The van der Waals surface area contributed by atoms with Crippen molar-refractivity contribution in [1.82, 2.24) is 20.9 Å². The molecule has 0 aromatic heterocycles. The molecular weight excluding hydrogens is 336 g/mol. The predicted octanol–water partition coefficient (Wildman–Crippen LogP) is -0.0313. The van der Waals surface area contributed by atoms with Crippen molar-refractivity contribution in [3.63, 3.8) is 0 Å². The first-order valence-corrected chi connectivity index (χ1v) is 9.51. The largest absolute Gasteiger partial charge is 0.356 e. The summed E-state index contributed by atoms with van der Waals surface area (Å²) in [5.74, 6) is -0.462. The van der Waals surface area contributed by atoms with Gasteiger partial charge < -0.3 is 20.7 Å². The molecule has 0 bridgehead atoms. The van der Waals surface area contributed by atoms with Crippen LogP contribution in [0.5, 0.6) is 0 Å². The summed E-state index contributed by atoms with van der Waals surface area (Å²) in [6.45, 7) is 4.11. The van der Waals surface area contributed by atoms with Gasteiger partial charge >= 0.3 is 0 Å². The van der Waals surface area contributed by atoms with E-state index in [1.165, 1.54) is 13.3 Å². The van der Waals surface area contributed by atoms with Crippen molar-refractivity contribution in [3.8, 4) is 0 Å². The average Bonchev–Trinajstić information content (AvgIpc) is 2.63. The molecular formula is C18H32N4O4. The van der Waals surface area contributed by atoms with Gasteiger partial charge in [-0.2, -0.15) is 0 Å². The molecule has 1 rings (SSSR count). The number of nitrogens with zero attached hydrogens (tertiary/aromatic N) is 1. The molecule has 0 aromatic carbocycles. The Bertz CT molecular complexity index is 464. The maximum absolute atomic E-state index is 12.6. The van der Waals surface area contributed by atoms with Gasteiger partial charge in [0.15, 0.2) is 0 Å². The molecule has 1 aliphatic heterocycles. The highest BCUT2D eigenvalue weighted by molar-refractivity contribution is 5.87. The van der Waals surface area contributed by atoms with Gasteiger partial charge in [-0.1, -0.05) is 6.42 Å². The van der Waals surface area contributed by atoms with Crippen molar-refractivity contribution in [2.75, 3.05) is 32.7 Å². The molecule has 3 amide bonds. The second kappa shape index (κ2) is 13.3. The monoisotopic (exact) mass is 368 g/mol. The molecule has 1 aliphatic rings. The third-order valence-electron chi connectivity index (χ3n) is 4.42. The molecule has 0 spiro atoms. The van der Waals surface area contributed by atoms with Gasteiger partial charge in [0.25, 0.3) is 0 Å². The second-order valence-corrected chi connectivity index (χ2v) is 6.61. The number of unbranched alkanes of at least 4 members (excludes halogenated alkanes) is 1. The number of likely N-dealkylation sites (tertiary alicyclic amines) is 1. The van der Waals surface area contributed by atoms with Crippen LogP contribution in [0.15, 0.2) is 0 Å². The van der Waals surface area contributed by atoms with Crippen molar-refractivity contribution in [2.24, 2.45) is 0 Å². The summed E-state index contributed by atoms with van der Waals surface area (Å²) in [7, 11) is 0. The molecule has 1 unspecified atom stereocenters. The standard InChI is InChI=1S/C18H32N4O4/c1-15(24)19-9-4-3-8-16(22-11-5-2-6-12-22)18(26)21-14-17(25)20-10-7-13-23/h13,16H,2-12,14H2,1H3,(H,19,24)(H,20,25)(H,21,26). The van der Waals surface area contributed by atoms with Crippen molar-refractivity contribution >= 4 is 24.0 Å². The SMILES string of the molecule is CC(=O)NCCCCC(C(=O)NCC(=O)NCCC=O)N1CCCCC1. The van der Waals surface area contributed by atoms with Crippen LogP contribution in [0.2, 0.25) is 0 Å². The summed E-state index contributed by atoms with van der Waals surface area (Å²) in [5, 5.41) is 8.07. The Kier molecular flexibility index (Phi) is 11.3. The van der Waals surface area contributed by atoms with E-state index in [-0.39, 0.29) is 43.3 Å². The van der Waals surface area contributed by atoms with E-state index >= 15 is 0 Å². The Morgan fingerprint density at radius 3 is 2.38 bits per heavy atom. The van der Waals surface area contributed by atoms with Crippen LogP contribution in [0.4, 0.5) is 0 Å². The minimum Gasteiger partial charge on any atom is -0.356 e. The van der Waals surface area contributed by atoms with Gasteiger partial charge in [-0.15, -0.1) is 0 Å². The number of aldehydes is 1. The summed E-state index contributed by atoms with van der Waals surface area (Å²) in [4.78, 5) is 47.6. The van der Waals surface area contributed by atoms with E-state index in [4.69, 9.17) is 0 Å². The lowest BCUT2D eigenvalue weighted by Crippen LogP contribution is -2.50. The highest BCUT2D eigenvalue weighted by atomic mass is 16.2. The minimum atomic E-state index is -0.289. The van der Waals surface area contributed by atoms with Gasteiger partial charge in [-0.3, -0.25) is 19.3 Å². The number of carbonyl (C=O) groups excluding carboxylic acids is 4. The van der Waals surface area contributed by atoms with E-state index in [2.05, 4.69) is 20.9 Å². The van der Waals surface area contributed by atoms with E-state index in [9.17, 15) is 19.2 Å². The van der Waals surface area contributed by atoms with Gasteiger partial charge in [0.05, 0.1) is 12.6 Å². The number of hydrogen-bond acceptors (Lipinski definition) is 5. The number of rotatable bonds is 12. The van der Waals surface area contributed by atoms with Gasteiger partial charge in [-0.25, -0.2) is 0 Å². The summed E-state index contributed by atoms with van der Waals surface area (Å²) in [5.41, 5.74) is 0. The van der Waals surface area contributed by atoms with E-state index < -0.39 is 0 Å². The zero-order valence-electron chi connectivity index (χ0n) is 15.7. The molecule has 8 heteroatoms. The summed E-state index contributed by atoms with van der Waals surface area (Å²) < 4.78 is 0. The molecule has 1 fully saturated rings. The average molecular weight is 368 g/mol. The first-order chi connectivity index (χ1) is 12.5. The van der Waals surface area contributed by atoms with Crippen LogP contribution in [0, 0.1) is 0 Å². The molecule has 0 aliphatic carbocycles. The summed E-state index contributed by atoms with van der Waals surface area (Å²) in [6.07, 6.45) is 6.73. The molecule has 8 nitrogen and oxygen atoms in total. The smallest absolute Gasteiger partial charge is 0.239 e. The molecule has 1 atom stereocenters. The lowest BCUT2D eigenvalue weighted by molar-refractivity contribution is -0.130. The molecule has 148 valence electrons. The molecule has 1 heterocycles. The molecule has 0 aromatic rings. The Morgan fingerprint density at radius 1 is 1.00 bits per heavy atom. The van der Waals surface area contributed by atoms with E-state index in [0.29, 0.717) is 13.0 Å². The Morgan fingerprint density at radius 2 is 1.73 bits per heavy atom. The number of piperidine rings is 1. The van der Waals surface area contributed by atoms with Crippen LogP contribution >= 0.6 is 0 Å². The van der Waals surface area contributed by atoms with Crippen molar-refractivity contribution < 1.29 is 19.2 Å². The highest BCUT2D eigenvalue weighted by Crippen LogP contribution is 2.16. The Labute approximate surface area is 155 Å². The first-order valence-electron chi connectivity index (χ1n) is 9.51. The Balaban J connectivity index is 2.43. The van der Waals surface area contributed by atoms with Crippen LogP contribution in [0.1, 0.15) is 51.9 Å². The normalized spacial score (nSPS) is 15.7. The van der Waals surface area contributed by atoms with Gasteiger partial charge in [0.2, 0.25) is 17.7 Å². The van der Waals surface area contributed by atoms with Crippen LogP contribution in [-0.4, -0.2) is 67.7 Å². The van der Waals surface area contributed by atoms with Crippen LogP contribution in [-0.2, 0) is 19.2 Å².